The van der Waals surface area contributed by atoms with Crippen molar-refractivity contribution in [2.24, 2.45) is 0 Å². The Morgan fingerprint density at radius 3 is 2.29 bits per heavy atom. The molecule has 1 aliphatic rings. The second-order valence-electron chi connectivity index (χ2n) is 8.96. The number of nitrogens with one attached hydrogen (secondary N) is 2. The van der Waals surface area contributed by atoms with Crippen LogP contribution in [0, 0.1) is 13.8 Å². The average Bonchev–Trinajstić information content (AvgIpc) is 2.82. The number of anilines is 1. The lowest BCUT2D eigenvalue weighted by atomic mass is 10.0. The Balaban J connectivity index is 1.39. The standard InChI is InChI=1S/C27H31N3O3S/c1-20-8-11-24(12-9-20)29-34(32,33)25-13-10-21(2)26(18-25)27(31)28-23-14-16-30(17-15-23)19-22-6-4-3-5-7-22/h3-13,18,23,29H,14-17,19H2,1-2H3,(H,28,31). The fourth-order valence-corrected chi connectivity index (χ4v) is 5.27. The zero-order chi connectivity index (χ0) is 24.1. The first kappa shape index (κ1) is 24.0. The maximum absolute atomic E-state index is 13.0. The second kappa shape index (κ2) is 10.4. The number of carbonyl (C=O) groups excluding carboxylic acids is 1. The molecule has 34 heavy (non-hydrogen) atoms. The van der Waals surface area contributed by atoms with E-state index in [9.17, 15) is 13.2 Å². The highest BCUT2D eigenvalue weighted by Crippen LogP contribution is 2.21. The highest BCUT2D eigenvalue weighted by molar-refractivity contribution is 7.92. The van der Waals surface area contributed by atoms with Crippen LogP contribution in [0.1, 0.15) is 39.9 Å². The van der Waals surface area contributed by atoms with Gasteiger partial charge in [-0.2, -0.15) is 0 Å². The van der Waals surface area contributed by atoms with Gasteiger partial charge in [-0.1, -0.05) is 54.1 Å². The maximum Gasteiger partial charge on any atom is 0.261 e. The molecule has 0 atom stereocenters. The summed E-state index contributed by atoms with van der Waals surface area (Å²) in [6, 6.07) is 22.3. The third-order valence-electron chi connectivity index (χ3n) is 6.24. The quantitative estimate of drug-likeness (QED) is 0.525. The largest absolute Gasteiger partial charge is 0.349 e. The molecule has 0 saturated carbocycles. The highest BCUT2D eigenvalue weighted by atomic mass is 32.2. The predicted octanol–water partition coefficient (Wildman–Crippen LogP) is 4.50. The van der Waals surface area contributed by atoms with Crippen LogP contribution in [0.3, 0.4) is 0 Å². The Bertz CT molecular complexity index is 1230. The summed E-state index contributed by atoms with van der Waals surface area (Å²) in [6.45, 7) is 6.49. The van der Waals surface area contributed by atoms with E-state index in [-0.39, 0.29) is 16.8 Å². The molecule has 3 aromatic rings. The fraction of sp³-hybridized carbons (Fsp3) is 0.296. The van der Waals surface area contributed by atoms with Crippen LogP contribution in [0.25, 0.3) is 0 Å². The number of rotatable bonds is 7. The van der Waals surface area contributed by atoms with E-state index >= 15 is 0 Å². The van der Waals surface area contributed by atoms with Crippen LogP contribution in [0.4, 0.5) is 5.69 Å². The van der Waals surface area contributed by atoms with Crippen LogP contribution in [0.2, 0.25) is 0 Å². The lowest BCUT2D eigenvalue weighted by molar-refractivity contribution is 0.0908. The van der Waals surface area contributed by atoms with Crippen LogP contribution in [0.15, 0.2) is 77.7 Å². The first-order chi connectivity index (χ1) is 16.3. The Morgan fingerprint density at radius 2 is 1.62 bits per heavy atom. The Kier molecular flexibility index (Phi) is 7.34. The normalized spacial score (nSPS) is 15.1. The lowest BCUT2D eigenvalue weighted by Crippen LogP contribution is -2.44. The lowest BCUT2D eigenvalue weighted by Gasteiger charge is -2.32. The molecule has 178 valence electrons. The fourth-order valence-electron chi connectivity index (χ4n) is 4.19. The summed E-state index contributed by atoms with van der Waals surface area (Å²) in [7, 11) is -3.81. The molecule has 0 unspecified atom stereocenters. The smallest absolute Gasteiger partial charge is 0.261 e. The maximum atomic E-state index is 13.0. The van der Waals surface area contributed by atoms with Crippen LogP contribution >= 0.6 is 0 Å². The summed E-state index contributed by atoms with van der Waals surface area (Å²) in [5.74, 6) is -0.230. The number of sulfonamides is 1. The van der Waals surface area contributed by atoms with Gasteiger partial charge in [0, 0.05) is 36.9 Å². The first-order valence-electron chi connectivity index (χ1n) is 11.6. The molecule has 0 aromatic heterocycles. The third kappa shape index (κ3) is 6.04. The molecule has 1 amide bonds. The van der Waals surface area contributed by atoms with E-state index in [0.29, 0.717) is 11.3 Å². The molecule has 1 fully saturated rings. The summed E-state index contributed by atoms with van der Waals surface area (Å²) >= 11 is 0. The van der Waals surface area contributed by atoms with E-state index in [1.807, 2.05) is 32.0 Å². The van der Waals surface area contributed by atoms with Crippen molar-refractivity contribution in [3.05, 3.63) is 95.1 Å². The second-order valence-corrected chi connectivity index (χ2v) is 10.6. The van der Waals surface area contributed by atoms with E-state index in [4.69, 9.17) is 0 Å². The molecule has 0 radical (unpaired) electrons. The van der Waals surface area contributed by atoms with E-state index < -0.39 is 10.0 Å². The first-order valence-corrected chi connectivity index (χ1v) is 13.1. The van der Waals surface area contributed by atoms with Gasteiger partial charge in [0.25, 0.3) is 15.9 Å². The molecule has 3 aromatic carbocycles. The predicted molar refractivity (Wildman–Crippen MR) is 135 cm³/mol. The van der Waals surface area contributed by atoms with Crippen molar-refractivity contribution < 1.29 is 13.2 Å². The number of aryl methyl sites for hydroxylation is 2. The minimum Gasteiger partial charge on any atom is -0.349 e. The van der Waals surface area contributed by atoms with Gasteiger partial charge in [0.05, 0.1) is 4.90 Å². The highest BCUT2D eigenvalue weighted by Gasteiger charge is 2.23. The number of piperidine rings is 1. The molecule has 1 heterocycles. The number of hydrogen-bond acceptors (Lipinski definition) is 4. The van der Waals surface area contributed by atoms with E-state index in [2.05, 4.69) is 39.2 Å². The van der Waals surface area contributed by atoms with Crippen LogP contribution in [-0.4, -0.2) is 38.4 Å². The summed E-state index contributed by atoms with van der Waals surface area (Å²) in [6.07, 6.45) is 1.73. The molecule has 0 spiro atoms. The topological polar surface area (TPSA) is 78.5 Å². The minimum atomic E-state index is -3.81. The van der Waals surface area contributed by atoms with E-state index in [1.165, 1.54) is 17.7 Å². The van der Waals surface area contributed by atoms with Crippen molar-refractivity contribution in [2.75, 3.05) is 17.8 Å². The number of amides is 1. The van der Waals surface area contributed by atoms with Crippen molar-refractivity contribution in [1.29, 1.82) is 0 Å². The van der Waals surface area contributed by atoms with E-state index in [0.717, 1.165) is 43.6 Å². The SMILES string of the molecule is Cc1ccc(NS(=O)(=O)c2ccc(C)c(C(=O)NC3CCN(Cc4ccccc4)CC3)c2)cc1. The number of likely N-dealkylation sites (tertiary alicyclic amines) is 1. The Hall–Kier alpha value is -3.16. The van der Waals surface area contributed by atoms with Crippen molar-refractivity contribution in [2.45, 2.75) is 44.2 Å². The van der Waals surface area contributed by atoms with E-state index in [1.54, 1.807) is 18.2 Å². The molecular formula is C27H31N3O3S. The van der Waals surface area contributed by atoms with Gasteiger partial charge in [0.1, 0.15) is 0 Å². The zero-order valence-electron chi connectivity index (χ0n) is 19.6. The molecular weight excluding hydrogens is 446 g/mol. The summed E-state index contributed by atoms with van der Waals surface area (Å²) in [5.41, 5.74) is 3.95. The molecule has 6 nitrogen and oxygen atoms in total. The zero-order valence-corrected chi connectivity index (χ0v) is 20.4. The summed E-state index contributed by atoms with van der Waals surface area (Å²) < 4.78 is 28.4. The molecule has 4 rings (SSSR count). The van der Waals surface area contributed by atoms with Gasteiger partial charge in [-0.15, -0.1) is 0 Å². The number of nitrogens with zero attached hydrogens (tertiary/aromatic N) is 1. The van der Waals surface area contributed by atoms with Gasteiger partial charge in [-0.3, -0.25) is 14.4 Å². The van der Waals surface area contributed by atoms with Crippen LogP contribution < -0.4 is 10.0 Å². The van der Waals surface area contributed by atoms with Crippen molar-refractivity contribution in [3.63, 3.8) is 0 Å². The van der Waals surface area contributed by atoms with Gasteiger partial charge in [-0.05, 0) is 62.1 Å². The molecule has 0 aliphatic carbocycles. The molecule has 7 heteroatoms. The summed E-state index contributed by atoms with van der Waals surface area (Å²) in [5, 5.41) is 3.11. The monoisotopic (exact) mass is 477 g/mol. The molecule has 2 N–H and O–H groups in total. The van der Waals surface area contributed by atoms with Crippen molar-refractivity contribution in [3.8, 4) is 0 Å². The number of benzene rings is 3. The third-order valence-corrected chi connectivity index (χ3v) is 7.62. The number of hydrogen-bond donors (Lipinski definition) is 2. The Labute approximate surface area is 202 Å². The number of carbonyl (C=O) groups is 1. The van der Waals surface area contributed by atoms with Crippen LogP contribution in [-0.2, 0) is 16.6 Å². The summed E-state index contributed by atoms with van der Waals surface area (Å²) in [4.78, 5) is 15.5. The van der Waals surface area contributed by atoms with Gasteiger partial charge in [-0.25, -0.2) is 8.42 Å². The van der Waals surface area contributed by atoms with Crippen LogP contribution in [0.5, 0.6) is 0 Å². The average molecular weight is 478 g/mol. The minimum absolute atomic E-state index is 0.0708. The van der Waals surface area contributed by atoms with Gasteiger partial charge in [0.15, 0.2) is 0 Å². The van der Waals surface area contributed by atoms with Gasteiger partial charge >= 0.3 is 0 Å². The van der Waals surface area contributed by atoms with Crippen molar-refractivity contribution >= 4 is 21.6 Å². The molecule has 1 aliphatic heterocycles. The molecule has 1 saturated heterocycles. The van der Waals surface area contributed by atoms with Gasteiger partial charge in [0.2, 0.25) is 0 Å². The van der Waals surface area contributed by atoms with Gasteiger partial charge < -0.3 is 5.32 Å². The molecule has 0 bridgehead atoms. The Morgan fingerprint density at radius 1 is 0.941 bits per heavy atom. The van der Waals surface area contributed by atoms with Crippen molar-refractivity contribution in [1.82, 2.24) is 10.2 Å².